The standard InChI is InChI=1S/C16H19N3O2S/c1-2-14-17-15(18-21-14)11-6-4-8-19(11)16(20)13-9-10-5-3-7-12(10)22-13/h9,11H,2-8H2,1H3/t11-/m1/s1. The first-order valence-electron chi connectivity index (χ1n) is 8.01. The summed E-state index contributed by atoms with van der Waals surface area (Å²) >= 11 is 1.67. The van der Waals surface area contributed by atoms with E-state index in [0.717, 1.165) is 43.5 Å². The topological polar surface area (TPSA) is 59.2 Å². The molecule has 5 nitrogen and oxygen atoms in total. The highest BCUT2D eigenvalue weighted by Gasteiger charge is 2.35. The number of likely N-dealkylation sites (tertiary alicyclic amines) is 1. The highest BCUT2D eigenvalue weighted by Crippen LogP contribution is 2.35. The van der Waals surface area contributed by atoms with Gasteiger partial charge in [-0.1, -0.05) is 12.1 Å². The lowest BCUT2D eigenvalue weighted by Gasteiger charge is -2.21. The van der Waals surface area contributed by atoms with E-state index >= 15 is 0 Å². The van der Waals surface area contributed by atoms with Crippen LogP contribution in [-0.4, -0.2) is 27.5 Å². The number of nitrogens with zero attached hydrogens (tertiary/aromatic N) is 3. The number of aromatic nitrogens is 2. The Morgan fingerprint density at radius 3 is 3.14 bits per heavy atom. The van der Waals surface area contributed by atoms with Gasteiger partial charge in [-0.2, -0.15) is 4.98 Å². The van der Waals surface area contributed by atoms with Crippen LogP contribution in [0.2, 0.25) is 0 Å². The Bertz CT molecular complexity index is 685. The minimum Gasteiger partial charge on any atom is -0.339 e. The second kappa shape index (κ2) is 5.50. The van der Waals surface area contributed by atoms with Crippen LogP contribution in [-0.2, 0) is 19.3 Å². The molecule has 116 valence electrons. The molecule has 3 heterocycles. The molecular weight excluding hydrogens is 298 g/mol. The van der Waals surface area contributed by atoms with Gasteiger partial charge in [-0.25, -0.2) is 0 Å². The average molecular weight is 317 g/mol. The highest BCUT2D eigenvalue weighted by molar-refractivity contribution is 7.14. The van der Waals surface area contributed by atoms with E-state index in [1.54, 1.807) is 11.3 Å². The molecule has 4 rings (SSSR count). The molecule has 2 aromatic rings. The van der Waals surface area contributed by atoms with Gasteiger partial charge in [0.15, 0.2) is 5.82 Å². The maximum Gasteiger partial charge on any atom is 0.264 e. The van der Waals surface area contributed by atoms with Crippen LogP contribution in [0.5, 0.6) is 0 Å². The Hall–Kier alpha value is -1.69. The van der Waals surface area contributed by atoms with Gasteiger partial charge in [-0.15, -0.1) is 11.3 Å². The number of rotatable bonds is 3. The molecule has 0 N–H and O–H groups in total. The van der Waals surface area contributed by atoms with Crippen LogP contribution in [0.3, 0.4) is 0 Å². The fourth-order valence-electron chi connectivity index (χ4n) is 3.40. The van der Waals surface area contributed by atoms with E-state index in [2.05, 4.69) is 16.2 Å². The van der Waals surface area contributed by atoms with E-state index in [9.17, 15) is 4.79 Å². The van der Waals surface area contributed by atoms with Gasteiger partial charge < -0.3 is 9.42 Å². The second-order valence-corrected chi connectivity index (χ2v) is 7.11. The molecule has 2 aromatic heterocycles. The van der Waals surface area contributed by atoms with E-state index in [0.29, 0.717) is 11.7 Å². The van der Waals surface area contributed by atoms with Crippen molar-refractivity contribution < 1.29 is 9.32 Å². The minimum atomic E-state index is -0.0338. The molecular formula is C16H19N3O2S. The van der Waals surface area contributed by atoms with E-state index in [1.165, 1.54) is 16.9 Å². The molecule has 1 aliphatic heterocycles. The zero-order chi connectivity index (χ0) is 15.1. The molecule has 1 atom stereocenters. The zero-order valence-electron chi connectivity index (χ0n) is 12.7. The van der Waals surface area contributed by atoms with Crippen LogP contribution >= 0.6 is 11.3 Å². The molecule has 1 aliphatic carbocycles. The maximum absolute atomic E-state index is 12.9. The lowest BCUT2D eigenvalue weighted by molar-refractivity contribution is 0.0733. The Labute approximate surface area is 133 Å². The van der Waals surface area contributed by atoms with Crippen LogP contribution < -0.4 is 0 Å². The van der Waals surface area contributed by atoms with E-state index in [1.807, 2.05) is 11.8 Å². The third-order valence-corrected chi connectivity index (χ3v) is 5.78. The van der Waals surface area contributed by atoms with Crippen LogP contribution in [0, 0.1) is 0 Å². The predicted octanol–water partition coefficient (Wildman–Crippen LogP) is 3.16. The van der Waals surface area contributed by atoms with Crippen molar-refractivity contribution in [3.05, 3.63) is 33.1 Å². The highest BCUT2D eigenvalue weighted by atomic mass is 32.1. The van der Waals surface area contributed by atoms with Gasteiger partial charge in [0.2, 0.25) is 5.89 Å². The molecule has 0 radical (unpaired) electrons. The molecule has 1 fully saturated rings. The van der Waals surface area contributed by atoms with E-state index < -0.39 is 0 Å². The number of fused-ring (bicyclic) bond motifs is 1. The van der Waals surface area contributed by atoms with Crippen molar-refractivity contribution in [2.75, 3.05) is 6.54 Å². The fraction of sp³-hybridized carbons (Fsp3) is 0.562. The van der Waals surface area contributed by atoms with E-state index in [-0.39, 0.29) is 11.9 Å². The smallest absolute Gasteiger partial charge is 0.264 e. The van der Waals surface area contributed by atoms with Crippen molar-refractivity contribution in [2.45, 2.75) is 51.5 Å². The molecule has 22 heavy (non-hydrogen) atoms. The molecule has 0 unspecified atom stereocenters. The first-order chi connectivity index (χ1) is 10.8. The molecule has 0 bridgehead atoms. The average Bonchev–Trinajstić information content (AvgIpc) is 3.26. The summed E-state index contributed by atoms with van der Waals surface area (Å²) in [6.07, 6.45) is 6.11. The second-order valence-electron chi connectivity index (χ2n) is 5.97. The van der Waals surface area contributed by atoms with Gasteiger partial charge >= 0.3 is 0 Å². The Morgan fingerprint density at radius 2 is 2.36 bits per heavy atom. The van der Waals surface area contributed by atoms with Crippen LogP contribution in [0.25, 0.3) is 0 Å². The quantitative estimate of drug-likeness (QED) is 0.872. The summed E-state index contributed by atoms with van der Waals surface area (Å²) in [7, 11) is 0. The lowest BCUT2D eigenvalue weighted by Crippen LogP contribution is -2.30. The van der Waals surface area contributed by atoms with Gasteiger partial charge in [0.05, 0.1) is 10.9 Å². The number of thiophene rings is 1. The number of hydrogen-bond acceptors (Lipinski definition) is 5. The summed E-state index contributed by atoms with van der Waals surface area (Å²) in [4.78, 5) is 21.5. The molecule has 0 saturated carbocycles. The first-order valence-corrected chi connectivity index (χ1v) is 8.83. The largest absolute Gasteiger partial charge is 0.339 e. The third kappa shape index (κ3) is 2.26. The Balaban J connectivity index is 1.58. The fourth-order valence-corrected chi connectivity index (χ4v) is 4.61. The Kier molecular flexibility index (Phi) is 3.48. The monoisotopic (exact) mass is 317 g/mol. The number of carbonyl (C=O) groups is 1. The zero-order valence-corrected chi connectivity index (χ0v) is 13.5. The number of carbonyl (C=O) groups excluding carboxylic acids is 1. The summed E-state index contributed by atoms with van der Waals surface area (Å²) in [6.45, 7) is 2.77. The van der Waals surface area contributed by atoms with Crippen molar-refractivity contribution in [1.82, 2.24) is 15.0 Å². The SMILES string of the molecule is CCc1nc([C@H]2CCCN2C(=O)c2cc3c(s2)CCC3)no1. The molecule has 0 aromatic carbocycles. The molecule has 0 spiro atoms. The Morgan fingerprint density at radius 1 is 1.45 bits per heavy atom. The predicted molar refractivity (Wildman–Crippen MR) is 83.0 cm³/mol. The van der Waals surface area contributed by atoms with Crippen LogP contribution in [0.15, 0.2) is 10.6 Å². The molecule has 1 amide bonds. The van der Waals surface area contributed by atoms with Crippen molar-refractivity contribution >= 4 is 17.2 Å². The van der Waals surface area contributed by atoms with Gasteiger partial charge in [0.25, 0.3) is 5.91 Å². The third-order valence-electron chi connectivity index (χ3n) is 4.56. The van der Waals surface area contributed by atoms with Crippen molar-refractivity contribution in [3.63, 3.8) is 0 Å². The van der Waals surface area contributed by atoms with Gasteiger partial charge in [-0.3, -0.25) is 4.79 Å². The number of amides is 1. The van der Waals surface area contributed by atoms with E-state index in [4.69, 9.17) is 4.52 Å². The number of aryl methyl sites for hydroxylation is 3. The first kappa shape index (κ1) is 13.9. The summed E-state index contributed by atoms with van der Waals surface area (Å²) in [5.74, 6) is 1.43. The summed E-state index contributed by atoms with van der Waals surface area (Å²) < 4.78 is 5.21. The summed E-state index contributed by atoms with van der Waals surface area (Å²) in [5, 5.41) is 4.07. The van der Waals surface area contributed by atoms with Gasteiger partial charge in [0, 0.05) is 17.8 Å². The minimum absolute atomic E-state index is 0.0338. The molecule has 1 saturated heterocycles. The van der Waals surface area contributed by atoms with Crippen molar-refractivity contribution in [3.8, 4) is 0 Å². The van der Waals surface area contributed by atoms with Gasteiger partial charge in [-0.05, 0) is 43.7 Å². The summed E-state index contributed by atoms with van der Waals surface area (Å²) in [6, 6.07) is 2.06. The normalized spacial score (nSPS) is 20.6. The van der Waals surface area contributed by atoms with Crippen LogP contribution in [0.1, 0.15) is 64.1 Å². The lowest BCUT2D eigenvalue weighted by atomic mass is 10.2. The number of hydrogen-bond donors (Lipinski definition) is 0. The molecule has 6 heteroatoms. The van der Waals surface area contributed by atoms with Crippen molar-refractivity contribution in [1.29, 1.82) is 0 Å². The van der Waals surface area contributed by atoms with Crippen LogP contribution in [0.4, 0.5) is 0 Å². The van der Waals surface area contributed by atoms with Gasteiger partial charge in [0.1, 0.15) is 0 Å². The maximum atomic E-state index is 12.9. The molecule has 2 aliphatic rings. The van der Waals surface area contributed by atoms with Crippen molar-refractivity contribution in [2.24, 2.45) is 0 Å². The summed E-state index contributed by atoms with van der Waals surface area (Å²) in [5.41, 5.74) is 1.37.